The van der Waals surface area contributed by atoms with E-state index in [-0.39, 0.29) is 30.8 Å². The van der Waals surface area contributed by atoms with Gasteiger partial charge in [-0.15, -0.1) is 0 Å². The molecule has 3 aromatic carbocycles. The van der Waals surface area contributed by atoms with Crippen LogP contribution in [0.3, 0.4) is 0 Å². The van der Waals surface area contributed by atoms with Crippen molar-refractivity contribution in [3.05, 3.63) is 106 Å². The molecule has 1 N–H and O–H groups in total. The molecule has 0 aromatic heterocycles. The zero-order valence-corrected chi connectivity index (χ0v) is 20.3. The van der Waals surface area contributed by atoms with Gasteiger partial charge < -0.3 is 10.2 Å². The molecular formula is C27H28Cl2N2O2. The first-order valence-electron chi connectivity index (χ1n) is 11.0. The Labute approximate surface area is 205 Å². The van der Waals surface area contributed by atoms with Gasteiger partial charge in [0.1, 0.15) is 6.04 Å². The first-order chi connectivity index (χ1) is 15.8. The van der Waals surface area contributed by atoms with Crippen LogP contribution in [0, 0.1) is 0 Å². The standard InChI is InChI=1S/C27H28Cl2N2O2/c1-19(2)30-27(33)25(16-20-10-4-3-5-11-20)31(18-22-13-7-9-15-24(22)29)26(32)17-21-12-6-8-14-23(21)28/h3-15,19,25H,16-18H2,1-2H3,(H,30,33)/t25-/m0/s1. The summed E-state index contributed by atoms with van der Waals surface area (Å²) in [6.45, 7) is 4.02. The summed E-state index contributed by atoms with van der Waals surface area (Å²) in [7, 11) is 0. The van der Waals surface area contributed by atoms with Gasteiger partial charge in [0.15, 0.2) is 0 Å². The Hall–Kier alpha value is -2.82. The molecule has 0 saturated heterocycles. The van der Waals surface area contributed by atoms with Crippen LogP contribution < -0.4 is 5.32 Å². The number of hydrogen-bond donors (Lipinski definition) is 1. The summed E-state index contributed by atoms with van der Waals surface area (Å²) in [6.07, 6.45) is 0.475. The third-order valence-corrected chi connectivity index (χ3v) is 6.04. The highest BCUT2D eigenvalue weighted by atomic mass is 35.5. The molecule has 4 nitrogen and oxygen atoms in total. The number of amides is 2. The van der Waals surface area contributed by atoms with Crippen LogP contribution in [0.5, 0.6) is 0 Å². The van der Waals surface area contributed by atoms with Gasteiger partial charge in [-0.25, -0.2) is 0 Å². The lowest BCUT2D eigenvalue weighted by Gasteiger charge is -2.32. The van der Waals surface area contributed by atoms with E-state index >= 15 is 0 Å². The summed E-state index contributed by atoms with van der Waals surface area (Å²) in [5.41, 5.74) is 2.47. The summed E-state index contributed by atoms with van der Waals surface area (Å²) < 4.78 is 0. The molecule has 33 heavy (non-hydrogen) atoms. The summed E-state index contributed by atoms with van der Waals surface area (Å²) in [6, 6.07) is 23.6. The van der Waals surface area contributed by atoms with Crippen molar-refractivity contribution in [1.82, 2.24) is 10.2 Å². The fraction of sp³-hybridized carbons (Fsp3) is 0.259. The second kappa shape index (κ2) is 11.9. The van der Waals surface area contributed by atoms with E-state index in [0.717, 1.165) is 16.7 Å². The van der Waals surface area contributed by atoms with Gasteiger partial charge in [-0.3, -0.25) is 9.59 Å². The van der Waals surface area contributed by atoms with Gasteiger partial charge in [0.2, 0.25) is 11.8 Å². The maximum atomic E-state index is 13.6. The SMILES string of the molecule is CC(C)NC(=O)[C@H](Cc1ccccc1)N(Cc1ccccc1Cl)C(=O)Cc1ccccc1Cl. The number of nitrogens with zero attached hydrogens (tertiary/aromatic N) is 1. The van der Waals surface area contributed by atoms with E-state index in [1.54, 1.807) is 17.0 Å². The molecule has 0 heterocycles. The maximum Gasteiger partial charge on any atom is 0.243 e. The van der Waals surface area contributed by atoms with Gasteiger partial charge >= 0.3 is 0 Å². The molecule has 2 amide bonds. The van der Waals surface area contributed by atoms with Crippen molar-refractivity contribution in [2.24, 2.45) is 0 Å². The molecule has 0 saturated carbocycles. The first-order valence-corrected chi connectivity index (χ1v) is 11.7. The Morgan fingerprint density at radius 1 is 0.818 bits per heavy atom. The van der Waals surface area contributed by atoms with E-state index in [9.17, 15) is 9.59 Å². The normalized spacial score (nSPS) is 11.8. The Morgan fingerprint density at radius 3 is 1.94 bits per heavy atom. The number of rotatable bonds is 9. The third-order valence-electron chi connectivity index (χ3n) is 5.30. The van der Waals surface area contributed by atoms with Crippen molar-refractivity contribution >= 4 is 35.0 Å². The van der Waals surface area contributed by atoms with Gasteiger partial charge in [-0.2, -0.15) is 0 Å². The van der Waals surface area contributed by atoms with Gasteiger partial charge in [0.25, 0.3) is 0 Å². The molecule has 172 valence electrons. The topological polar surface area (TPSA) is 49.4 Å². The Bertz CT molecular complexity index is 1090. The lowest BCUT2D eigenvalue weighted by molar-refractivity contribution is -0.141. The minimum Gasteiger partial charge on any atom is -0.352 e. The fourth-order valence-corrected chi connectivity index (χ4v) is 4.05. The summed E-state index contributed by atoms with van der Waals surface area (Å²) in [4.78, 5) is 28.6. The first kappa shape index (κ1) is 24.8. The molecule has 0 radical (unpaired) electrons. The van der Waals surface area contributed by atoms with Crippen molar-refractivity contribution in [2.75, 3.05) is 0 Å². The Morgan fingerprint density at radius 2 is 1.36 bits per heavy atom. The highest BCUT2D eigenvalue weighted by Gasteiger charge is 2.31. The van der Waals surface area contributed by atoms with E-state index < -0.39 is 6.04 Å². The maximum absolute atomic E-state index is 13.6. The average molecular weight is 483 g/mol. The van der Waals surface area contributed by atoms with E-state index in [1.165, 1.54) is 0 Å². The fourth-order valence-electron chi connectivity index (χ4n) is 3.65. The number of carbonyl (C=O) groups is 2. The number of benzene rings is 3. The van der Waals surface area contributed by atoms with E-state index in [4.69, 9.17) is 23.2 Å². The number of carbonyl (C=O) groups excluding carboxylic acids is 2. The van der Waals surface area contributed by atoms with Crippen LogP contribution in [0.25, 0.3) is 0 Å². The van der Waals surface area contributed by atoms with Gasteiger partial charge in [0.05, 0.1) is 6.42 Å². The minimum atomic E-state index is -0.707. The van der Waals surface area contributed by atoms with Crippen molar-refractivity contribution in [3.8, 4) is 0 Å². The summed E-state index contributed by atoms with van der Waals surface area (Å²) in [5, 5.41) is 4.06. The predicted molar refractivity (Wildman–Crippen MR) is 134 cm³/mol. The van der Waals surface area contributed by atoms with E-state index in [2.05, 4.69) is 5.32 Å². The van der Waals surface area contributed by atoms with Crippen LogP contribution in [0.2, 0.25) is 10.0 Å². The zero-order chi connectivity index (χ0) is 23.8. The quantitative estimate of drug-likeness (QED) is 0.425. The predicted octanol–water partition coefficient (Wildman–Crippen LogP) is 5.70. The third kappa shape index (κ3) is 7.08. The molecule has 3 aromatic rings. The van der Waals surface area contributed by atoms with Crippen molar-refractivity contribution in [2.45, 2.75) is 45.3 Å². The molecule has 0 aliphatic carbocycles. The second-order valence-corrected chi connectivity index (χ2v) is 9.06. The summed E-state index contributed by atoms with van der Waals surface area (Å²) >= 11 is 12.8. The number of nitrogens with one attached hydrogen (secondary N) is 1. The molecule has 3 rings (SSSR count). The smallest absolute Gasteiger partial charge is 0.243 e. The highest BCUT2D eigenvalue weighted by Crippen LogP contribution is 2.23. The van der Waals surface area contributed by atoms with Crippen LogP contribution in [-0.2, 0) is 29.0 Å². The van der Waals surface area contributed by atoms with Crippen LogP contribution in [0.4, 0.5) is 0 Å². The second-order valence-electron chi connectivity index (χ2n) is 8.25. The van der Waals surface area contributed by atoms with Crippen molar-refractivity contribution < 1.29 is 9.59 Å². The Kier molecular flexibility index (Phi) is 8.93. The van der Waals surface area contributed by atoms with Gasteiger partial charge in [-0.1, -0.05) is 89.9 Å². The summed E-state index contributed by atoms with van der Waals surface area (Å²) in [5.74, 6) is -0.392. The van der Waals surface area contributed by atoms with Gasteiger partial charge in [0, 0.05) is 29.1 Å². The molecule has 0 aliphatic rings. The largest absolute Gasteiger partial charge is 0.352 e. The molecule has 0 fully saturated rings. The van der Waals surface area contributed by atoms with Gasteiger partial charge in [-0.05, 0) is 42.7 Å². The van der Waals surface area contributed by atoms with Crippen molar-refractivity contribution in [3.63, 3.8) is 0 Å². The number of halogens is 2. The Balaban J connectivity index is 1.99. The van der Waals surface area contributed by atoms with Crippen LogP contribution >= 0.6 is 23.2 Å². The molecule has 0 unspecified atom stereocenters. The van der Waals surface area contributed by atoms with E-state index in [1.807, 2.05) is 80.6 Å². The average Bonchev–Trinajstić information content (AvgIpc) is 2.79. The lowest BCUT2D eigenvalue weighted by atomic mass is 10.0. The molecule has 0 spiro atoms. The van der Waals surface area contributed by atoms with Crippen LogP contribution in [-0.4, -0.2) is 28.8 Å². The molecular weight excluding hydrogens is 455 g/mol. The monoisotopic (exact) mass is 482 g/mol. The lowest BCUT2D eigenvalue weighted by Crippen LogP contribution is -2.52. The van der Waals surface area contributed by atoms with E-state index in [0.29, 0.717) is 16.5 Å². The van der Waals surface area contributed by atoms with Crippen LogP contribution in [0.15, 0.2) is 78.9 Å². The molecule has 1 atom stereocenters. The molecule has 6 heteroatoms. The van der Waals surface area contributed by atoms with Crippen molar-refractivity contribution in [1.29, 1.82) is 0 Å². The minimum absolute atomic E-state index is 0.0587. The number of hydrogen-bond acceptors (Lipinski definition) is 2. The zero-order valence-electron chi connectivity index (χ0n) is 18.8. The molecule has 0 bridgehead atoms. The highest BCUT2D eigenvalue weighted by molar-refractivity contribution is 6.31. The molecule has 0 aliphatic heterocycles. The van der Waals surface area contributed by atoms with Crippen LogP contribution in [0.1, 0.15) is 30.5 Å².